The fourth-order valence-electron chi connectivity index (χ4n) is 2.63. The van der Waals surface area contributed by atoms with Crippen LogP contribution in [0.3, 0.4) is 0 Å². The Hall–Kier alpha value is -0.870. The van der Waals surface area contributed by atoms with Crippen LogP contribution in [-0.4, -0.2) is 29.2 Å². The van der Waals surface area contributed by atoms with Crippen LogP contribution in [0.5, 0.6) is 0 Å². The molecule has 1 N–H and O–H groups in total. The zero-order valence-electron chi connectivity index (χ0n) is 11.6. The van der Waals surface area contributed by atoms with E-state index in [1.165, 1.54) is 12.1 Å². The number of nitrogens with zero attached hydrogens (tertiary/aromatic N) is 2. The van der Waals surface area contributed by atoms with Crippen LogP contribution < -0.4 is 5.32 Å². The summed E-state index contributed by atoms with van der Waals surface area (Å²) in [5.74, 6) is 0.587. The van der Waals surface area contributed by atoms with Gasteiger partial charge in [-0.25, -0.2) is 4.98 Å². The summed E-state index contributed by atoms with van der Waals surface area (Å²) in [6.45, 7) is 8.45. The van der Waals surface area contributed by atoms with Crippen molar-refractivity contribution >= 4 is 0 Å². The van der Waals surface area contributed by atoms with Crippen LogP contribution in [0, 0.1) is 5.92 Å². The normalized spacial score (nSPS) is 23.7. The van der Waals surface area contributed by atoms with Gasteiger partial charge in [0.1, 0.15) is 6.10 Å². The van der Waals surface area contributed by atoms with Gasteiger partial charge >= 0.3 is 0 Å². The number of imidazole rings is 1. The first-order valence-corrected chi connectivity index (χ1v) is 7.19. The number of hydrogen-bond acceptors (Lipinski definition) is 3. The number of aromatic nitrogens is 2. The molecular weight excluding hydrogens is 226 g/mol. The SMILES string of the molecule is CCCNCC1CCOC1c1cncn1CCC. The molecule has 4 nitrogen and oxygen atoms in total. The van der Waals surface area contributed by atoms with Gasteiger partial charge in [0.25, 0.3) is 0 Å². The standard InChI is InChI=1S/C14H25N3O/c1-3-6-15-9-12-5-8-18-14(12)13-10-16-11-17(13)7-4-2/h10-12,14-15H,3-9H2,1-2H3. The molecule has 0 radical (unpaired) electrons. The molecule has 2 unspecified atom stereocenters. The van der Waals surface area contributed by atoms with Crippen molar-refractivity contribution < 1.29 is 4.74 Å². The highest BCUT2D eigenvalue weighted by Crippen LogP contribution is 2.33. The Labute approximate surface area is 110 Å². The minimum absolute atomic E-state index is 0.225. The summed E-state index contributed by atoms with van der Waals surface area (Å²) in [4.78, 5) is 4.28. The second-order valence-electron chi connectivity index (χ2n) is 5.06. The van der Waals surface area contributed by atoms with E-state index in [1.54, 1.807) is 0 Å². The molecule has 0 spiro atoms. The van der Waals surface area contributed by atoms with Crippen molar-refractivity contribution in [1.29, 1.82) is 0 Å². The third-order valence-electron chi connectivity index (χ3n) is 3.55. The van der Waals surface area contributed by atoms with Gasteiger partial charge < -0.3 is 14.6 Å². The number of ether oxygens (including phenoxy) is 1. The van der Waals surface area contributed by atoms with E-state index in [2.05, 4.69) is 28.7 Å². The van der Waals surface area contributed by atoms with Crippen LogP contribution in [0.4, 0.5) is 0 Å². The molecule has 0 aromatic carbocycles. The topological polar surface area (TPSA) is 39.1 Å². The van der Waals surface area contributed by atoms with Crippen LogP contribution in [0.15, 0.2) is 12.5 Å². The molecule has 2 atom stereocenters. The zero-order valence-corrected chi connectivity index (χ0v) is 11.6. The summed E-state index contributed by atoms with van der Waals surface area (Å²) in [5.41, 5.74) is 1.25. The average Bonchev–Trinajstić information content (AvgIpc) is 2.98. The molecule has 2 heterocycles. The molecule has 102 valence electrons. The van der Waals surface area contributed by atoms with Crippen molar-refractivity contribution in [3.8, 4) is 0 Å². The van der Waals surface area contributed by atoms with Crippen LogP contribution in [-0.2, 0) is 11.3 Å². The van der Waals surface area contributed by atoms with Crippen molar-refractivity contribution in [2.24, 2.45) is 5.92 Å². The average molecular weight is 251 g/mol. The highest BCUT2D eigenvalue weighted by molar-refractivity contribution is 5.06. The largest absolute Gasteiger partial charge is 0.372 e. The number of nitrogens with one attached hydrogen (secondary N) is 1. The molecule has 1 aromatic heterocycles. The summed E-state index contributed by atoms with van der Waals surface area (Å²) in [6, 6.07) is 0. The van der Waals surface area contributed by atoms with Crippen molar-refractivity contribution in [2.45, 2.75) is 45.8 Å². The van der Waals surface area contributed by atoms with E-state index in [0.717, 1.165) is 39.1 Å². The maximum Gasteiger partial charge on any atom is 0.103 e. The van der Waals surface area contributed by atoms with Gasteiger partial charge in [-0.3, -0.25) is 0 Å². The molecule has 0 bridgehead atoms. The molecule has 1 aromatic rings. The first-order chi connectivity index (χ1) is 8.86. The summed E-state index contributed by atoms with van der Waals surface area (Å²) >= 11 is 0. The molecule has 18 heavy (non-hydrogen) atoms. The quantitative estimate of drug-likeness (QED) is 0.756. The third-order valence-corrected chi connectivity index (χ3v) is 3.55. The van der Waals surface area contributed by atoms with Gasteiger partial charge in [0.2, 0.25) is 0 Å². The van der Waals surface area contributed by atoms with Gasteiger partial charge in [0.15, 0.2) is 0 Å². The Morgan fingerprint density at radius 3 is 3.11 bits per heavy atom. The molecule has 0 aliphatic carbocycles. The van der Waals surface area contributed by atoms with Gasteiger partial charge in [-0.1, -0.05) is 13.8 Å². The summed E-state index contributed by atoms with van der Waals surface area (Å²) in [5, 5.41) is 3.51. The summed E-state index contributed by atoms with van der Waals surface area (Å²) in [7, 11) is 0. The lowest BCUT2D eigenvalue weighted by Crippen LogP contribution is -2.26. The first-order valence-electron chi connectivity index (χ1n) is 7.19. The van der Waals surface area contributed by atoms with Crippen LogP contribution in [0.2, 0.25) is 0 Å². The Kier molecular flexibility index (Phi) is 5.20. The number of hydrogen-bond donors (Lipinski definition) is 1. The van der Waals surface area contributed by atoms with Crippen molar-refractivity contribution in [3.05, 3.63) is 18.2 Å². The lowest BCUT2D eigenvalue weighted by molar-refractivity contribution is 0.0839. The Balaban J connectivity index is 1.99. The van der Waals surface area contributed by atoms with Gasteiger partial charge in [0, 0.05) is 25.6 Å². The van der Waals surface area contributed by atoms with Crippen LogP contribution in [0.25, 0.3) is 0 Å². The molecule has 1 aliphatic heterocycles. The van der Waals surface area contributed by atoms with E-state index in [4.69, 9.17) is 4.74 Å². The fourth-order valence-corrected chi connectivity index (χ4v) is 2.63. The Morgan fingerprint density at radius 2 is 2.33 bits per heavy atom. The second-order valence-corrected chi connectivity index (χ2v) is 5.06. The molecule has 4 heteroatoms. The van der Waals surface area contributed by atoms with Gasteiger partial charge in [0.05, 0.1) is 18.2 Å². The maximum absolute atomic E-state index is 5.93. The fraction of sp³-hybridized carbons (Fsp3) is 0.786. The van der Waals surface area contributed by atoms with Crippen LogP contribution in [0.1, 0.15) is 44.9 Å². The highest BCUT2D eigenvalue weighted by Gasteiger charge is 2.31. The Morgan fingerprint density at radius 1 is 1.44 bits per heavy atom. The Bertz CT molecular complexity index is 351. The molecule has 1 fully saturated rings. The zero-order chi connectivity index (χ0) is 12.8. The summed E-state index contributed by atoms with van der Waals surface area (Å²) in [6.07, 6.45) is 7.60. The minimum atomic E-state index is 0.225. The number of aryl methyl sites for hydroxylation is 1. The monoisotopic (exact) mass is 251 g/mol. The van der Waals surface area contributed by atoms with E-state index in [1.807, 2.05) is 12.5 Å². The predicted molar refractivity (Wildman–Crippen MR) is 72.5 cm³/mol. The molecule has 0 amide bonds. The van der Waals surface area contributed by atoms with Gasteiger partial charge in [-0.05, 0) is 25.8 Å². The van der Waals surface area contributed by atoms with E-state index in [-0.39, 0.29) is 6.10 Å². The lowest BCUT2D eigenvalue weighted by Gasteiger charge is -2.20. The lowest BCUT2D eigenvalue weighted by atomic mass is 9.99. The first kappa shape index (κ1) is 13.6. The van der Waals surface area contributed by atoms with Gasteiger partial charge in [-0.2, -0.15) is 0 Å². The van der Waals surface area contributed by atoms with E-state index in [9.17, 15) is 0 Å². The van der Waals surface area contributed by atoms with Crippen molar-refractivity contribution in [3.63, 3.8) is 0 Å². The van der Waals surface area contributed by atoms with Crippen molar-refractivity contribution in [1.82, 2.24) is 14.9 Å². The maximum atomic E-state index is 5.93. The van der Waals surface area contributed by atoms with E-state index in [0.29, 0.717) is 5.92 Å². The smallest absolute Gasteiger partial charge is 0.103 e. The molecule has 0 saturated carbocycles. The van der Waals surface area contributed by atoms with E-state index >= 15 is 0 Å². The van der Waals surface area contributed by atoms with E-state index < -0.39 is 0 Å². The second kappa shape index (κ2) is 6.90. The number of rotatable bonds is 7. The predicted octanol–water partition coefficient (Wildman–Crippen LogP) is 2.37. The molecular formula is C14H25N3O. The summed E-state index contributed by atoms with van der Waals surface area (Å²) < 4.78 is 8.17. The van der Waals surface area contributed by atoms with Crippen LogP contribution >= 0.6 is 0 Å². The highest BCUT2D eigenvalue weighted by atomic mass is 16.5. The molecule has 1 aliphatic rings. The molecule has 1 saturated heterocycles. The minimum Gasteiger partial charge on any atom is -0.372 e. The molecule has 2 rings (SSSR count). The van der Waals surface area contributed by atoms with Gasteiger partial charge in [-0.15, -0.1) is 0 Å². The third kappa shape index (κ3) is 3.12. The van der Waals surface area contributed by atoms with Crippen molar-refractivity contribution in [2.75, 3.05) is 19.7 Å².